The molecule has 1 saturated heterocycles. The Morgan fingerprint density at radius 2 is 2.11 bits per heavy atom. The van der Waals surface area contributed by atoms with Crippen LogP contribution in [-0.4, -0.2) is 49.6 Å². The van der Waals surface area contributed by atoms with E-state index in [0.717, 1.165) is 0 Å². The quantitative estimate of drug-likeness (QED) is 0.632. The lowest BCUT2D eigenvalue weighted by atomic mass is 10.1. The van der Waals surface area contributed by atoms with Crippen LogP contribution in [0.15, 0.2) is 0 Å². The van der Waals surface area contributed by atoms with Gasteiger partial charge in [-0.3, -0.25) is 4.79 Å². The average Bonchev–Trinajstić information content (AvgIpc) is 2.57. The van der Waals surface area contributed by atoms with Crippen LogP contribution < -0.4 is 10.6 Å². The van der Waals surface area contributed by atoms with Crippen molar-refractivity contribution in [1.29, 1.82) is 0 Å². The molecule has 0 aliphatic carbocycles. The molecule has 0 spiro atoms. The Bertz CT molecular complexity index is 420. The fraction of sp³-hybridized carbons (Fsp3) is 0.800. The molecule has 0 aromatic carbocycles. The first-order valence-electron chi connectivity index (χ1n) is 5.78. The smallest absolute Gasteiger partial charge is 0.315 e. The summed E-state index contributed by atoms with van der Waals surface area (Å²) in [5.41, 5.74) is 0. The molecule has 1 rings (SSSR count). The lowest BCUT2D eigenvalue weighted by Gasteiger charge is -2.12. The predicted octanol–water partition coefficient (Wildman–Crippen LogP) is -0.416. The average molecular weight is 278 g/mol. The minimum atomic E-state index is -3.01. The van der Waals surface area contributed by atoms with Gasteiger partial charge in [-0.2, -0.15) is 0 Å². The Kier molecular flexibility index (Phi) is 4.94. The zero-order valence-electron chi connectivity index (χ0n) is 10.2. The minimum Gasteiger partial charge on any atom is -0.481 e. The number of aliphatic carboxylic acids is 1. The summed E-state index contributed by atoms with van der Waals surface area (Å²) >= 11 is 0. The molecule has 1 aliphatic heterocycles. The molecule has 2 amide bonds. The van der Waals surface area contributed by atoms with Crippen molar-refractivity contribution in [3.8, 4) is 0 Å². The van der Waals surface area contributed by atoms with Crippen LogP contribution in [0.3, 0.4) is 0 Å². The third kappa shape index (κ3) is 4.91. The number of carboxylic acid groups (broad SMARTS) is 1. The van der Waals surface area contributed by atoms with Crippen molar-refractivity contribution in [1.82, 2.24) is 10.6 Å². The molecule has 2 atom stereocenters. The van der Waals surface area contributed by atoms with Gasteiger partial charge in [-0.1, -0.05) is 6.92 Å². The maximum absolute atomic E-state index is 11.4. The lowest BCUT2D eigenvalue weighted by Crippen LogP contribution is -2.43. The number of carboxylic acids is 1. The van der Waals surface area contributed by atoms with E-state index in [1.54, 1.807) is 6.92 Å². The Labute approximate surface area is 106 Å². The molecule has 3 N–H and O–H groups in total. The van der Waals surface area contributed by atoms with Crippen LogP contribution >= 0.6 is 0 Å². The van der Waals surface area contributed by atoms with Crippen LogP contribution in [0.1, 0.15) is 19.8 Å². The molecule has 0 aromatic heterocycles. The second-order valence-electron chi connectivity index (χ2n) is 4.53. The number of hydrogen-bond donors (Lipinski definition) is 3. The summed E-state index contributed by atoms with van der Waals surface area (Å²) in [5, 5.41) is 13.7. The van der Waals surface area contributed by atoms with Gasteiger partial charge in [0.1, 0.15) is 0 Å². The fourth-order valence-electron chi connectivity index (χ4n) is 1.67. The number of carbonyl (C=O) groups excluding carboxylic acids is 1. The highest BCUT2D eigenvalue weighted by molar-refractivity contribution is 7.91. The first-order valence-corrected chi connectivity index (χ1v) is 7.60. The fourth-order valence-corrected chi connectivity index (χ4v) is 3.34. The lowest BCUT2D eigenvalue weighted by molar-refractivity contribution is -0.141. The van der Waals surface area contributed by atoms with Crippen molar-refractivity contribution in [3.05, 3.63) is 0 Å². The normalized spacial score (nSPS) is 23.3. The molecular formula is C10H18N2O5S. The predicted molar refractivity (Wildman–Crippen MR) is 65.0 cm³/mol. The van der Waals surface area contributed by atoms with Gasteiger partial charge in [-0.25, -0.2) is 13.2 Å². The largest absolute Gasteiger partial charge is 0.481 e. The molecule has 1 heterocycles. The Morgan fingerprint density at radius 1 is 1.44 bits per heavy atom. The van der Waals surface area contributed by atoms with Gasteiger partial charge in [0, 0.05) is 12.6 Å². The molecule has 18 heavy (non-hydrogen) atoms. The van der Waals surface area contributed by atoms with Crippen molar-refractivity contribution in [3.63, 3.8) is 0 Å². The van der Waals surface area contributed by atoms with Crippen LogP contribution in [0, 0.1) is 5.92 Å². The maximum Gasteiger partial charge on any atom is 0.315 e. The molecule has 2 unspecified atom stereocenters. The summed E-state index contributed by atoms with van der Waals surface area (Å²) in [6.45, 7) is 1.81. The zero-order chi connectivity index (χ0) is 13.8. The summed E-state index contributed by atoms with van der Waals surface area (Å²) in [7, 11) is -3.01. The highest BCUT2D eigenvalue weighted by atomic mass is 32.2. The third-order valence-electron chi connectivity index (χ3n) is 2.85. The summed E-state index contributed by atoms with van der Waals surface area (Å²) < 4.78 is 22.3. The van der Waals surface area contributed by atoms with Crippen molar-refractivity contribution in [2.24, 2.45) is 5.92 Å². The monoisotopic (exact) mass is 278 g/mol. The number of hydrogen-bond acceptors (Lipinski definition) is 4. The molecule has 0 saturated carbocycles. The topological polar surface area (TPSA) is 113 Å². The first kappa shape index (κ1) is 14.7. The molecule has 0 aromatic rings. The van der Waals surface area contributed by atoms with E-state index >= 15 is 0 Å². The summed E-state index contributed by atoms with van der Waals surface area (Å²) in [5.74, 6) is -1.34. The molecule has 1 fully saturated rings. The Morgan fingerprint density at radius 3 is 2.61 bits per heavy atom. The van der Waals surface area contributed by atoms with Gasteiger partial charge >= 0.3 is 12.0 Å². The summed E-state index contributed by atoms with van der Waals surface area (Å²) in [6, 6.07) is -0.790. The number of urea groups is 1. The van der Waals surface area contributed by atoms with Gasteiger partial charge in [0.15, 0.2) is 9.84 Å². The number of sulfone groups is 1. The van der Waals surface area contributed by atoms with E-state index in [1.165, 1.54) is 0 Å². The molecule has 7 nitrogen and oxygen atoms in total. The summed E-state index contributed by atoms with van der Waals surface area (Å²) in [4.78, 5) is 21.9. The van der Waals surface area contributed by atoms with Gasteiger partial charge in [0.2, 0.25) is 0 Å². The van der Waals surface area contributed by atoms with E-state index < -0.39 is 27.8 Å². The van der Waals surface area contributed by atoms with Crippen molar-refractivity contribution >= 4 is 21.8 Å². The number of amides is 2. The highest BCUT2D eigenvalue weighted by Crippen LogP contribution is 2.10. The molecule has 1 aliphatic rings. The molecular weight excluding hydrogens is 260 g/mol. The van der Waals surface area contributed by atoms with Gasteiger partial charge in [0.05, 0.1) is 17.4 Å². The van der Waals surface area contributed by atoms with Crippen LogP contribution in [0.2, 0.25) is 0 Å². The minimum absolute atomic E-state index is 0.0219. The Balaban J connectivity index is 2.21. The van der Waals surface area contributed by atoms with Crippen molar-refractivity contribution in [2.75, 3.05) is 18.1 Å². The van der Waals surface area contributed by atoms with Gasteiger partial charge in [0.25, 0.3) is 0 Å². The first-order chi connectivity index (χ1) is 8.30. The molecule has 104 valence electrons. The zero-order valence-corrected chi connectivity index (χ0v) is 11.0. The van der Waals surface area contributed by atoms with Gasteiger partial charge < -0.3 is 15.7 Å². The van der Waals surface area contributed by atoms with E-state index in [2.05, 4.69) is 10.6 Å². The van der Waals surface area contributed by atoms with Gasteiger partial charge in [-0.05, 0) is 12.8 Å². The highest BCUT2D eigenvalue weighted by Gasteiger charge is 2.28. The maximum atomic E-state index is 11.4. The summed E-state index contributed by atoms with van der Waals surface area (Å²) in [6.07, 6.45) is 0.771. The van der Waals surface area contributed by atoms with E-state index in [9.17, 15) is 18.0 Å². The molecule has 0 radical (unpaired) electrons. The van der Waals surface area contributed by atoms with E-state index in [-0.39, 0.29) is 24.1 Å². The van der Waals surface area contributed by atoms with E-state index in [4.69, 9.17) is 5.11 Å². The Hall–Kier alpha value is -1.31. The number of rotatable bonds is 5. The van der Waals surface area contributed by atoms with Crippen molar-refractivity contribution < 1.29 is 23.1 Å². The molecule has 8 heteroatoms. The van der Waals surface area contributed by atoms with Crippen LogP contribution in [-0.2, 0) is 14.6 Å². The van der Waals surface area contributed by atoms with Crippen LogP contribution in [0.5, 0.6) is 0 Å². The van der Waals surface area contributed by atoms with E-state index in [0.29, 0.717) is 12.8 Å². The van der Waals surface area contributed by atoms with Gasteiger partial charge in [-0.15, -0.1) is 0 Å². The third-order valence-corrected chi connectivity index (χ3v) is 4.62. The second-order valence-corrected chi connectivity index (χ2v) is 6.76. The second kappa shape index (κ2) is 6.03. The van der Waals surface area contributed by atoms with Crippen LogP contribution in [0.25, 0.3) is 0 Å². The van der Waals surface area contributed by atoms with Crippen LogP contribution in [0.4, 0.5) is 4.79 Å². The van der Waals surface area contributed by atoms with E-state index in [1.807, 2.05) is 0 Å². The number of nitrogens with one attached hydrogen (secondary N) is 2. The van der Waals surface area contributed by atoms with Crippen molar-refractivity contribution in [2.45, 2.75) is 25.8 Å². The number of carbonyl (C=O) groups is 2. The standard InChI is InChI=1S/C10H18N2O5S/c1-7(9(13)14)2-4-11-10(15)12-8-3-5-18(16,17)6-8/h7-8H,2-6H2,1H3,(H,13,14)(H2,11,12,15). The molecule has 0 bridgehead atoms. The SMILES string of the molecule is CC(CCNC(=O)NC1CCS(=O)(=O)C1)C(=O)O.